The van der Waals surface area contributed by atoms with Gasteiger partial charge in [0.1, 0.15) is 0 Å². The van der Waals surface area contributed by atoms with Crippen molar-refractivity contribution in [3.63, 3.8) is 0 Å². The van der Waals surface area contributed by atoms with Crippen molar-refractivity contribution in [2.75, 3.05) is 26.4 Å². The summed E-state index contributed by atoms with van der Waals surface area (Å²) in [6.07, 6.45) is 3.14. The van der Waals surface area contributed by atoms with Gasteiger partial charge >= 0.3 is 0 Å². The summed E-state index contributed by atoms with van der Waals surface area (Å²) in [6, 6.07) is 0.0508. The lowest BCUT2D eigenvalue weighted by molar-refractivity contribution is -0.130. The number of nitrogens with one attached hydrogen (secondary N) is 1. The molecule has 0 aromatic heterocycles. The van der Waals surface area contributed by atoms with Crippen LogP contribution in [0.25, 0.3) is 0 Å². The maximum absolute atomic E-state index is 12.1. The Morgan fingerprint density at radius 2 is 2.12 bits per heavy atom. The average molecular weight is 240 g/mol. The van der Waals surface area contributed by atoms with Crippen LogP contribution < -0.4 is 5.32 Å². The zero-order chi connectivity index (χ0) is 12.3. The number of hydrogen-bond acceptors (Lipinski definition) is 3. The largest absolute Gasteiger partial charge is 0.381 e. The van der Waals surface area contributed by atoms with Crippen LogP contribution in [0.2, 0.25) is 0 Å². The molecule has 0 aromatic rings. The second-order valence-corrected chi connectivity index (χ2v) is 5.66. The fourth-order valence-electron chi connectivity index (χ4n) is 2.66. The van der Waals surface area contributed by atoms with E-state index in [2.05, 4.69) is 19.2 Å². The molecular weight excluding hydrogens is 216 g/mol. The highest BCUT2D eigenvalue weighted by atomic mass is 16.5. The van der Waals surface area contributed by atoms with E-state index in [1.54, 1.807) is 0 Å². The number of carbonyl (C=O) groups excluding carboxylic acids is 1. The molecule has 0 bridgehead atoms. The predicted molar refractivity (Wildman–Crippen MR) is 66.5 cm³/mol. The predicted octanol–water partition coefficient (Wildman–Crippen LogP) is 1.22. The Morgan fingerprint density at radius 1 is 1.41 bits per heavy atom. The van der Waals surface area contributed by atoms with Crippen LogP contribution in [0.5, 0.6) is 0 Å². The topological polar surface area (TPSA) is 41.6 Å². The van der Waals surface area contributed by atoms with Crippen LogP contribution in [0.15, 0.2) is 0 Å². The minimum absolute atomic E-state index is 0.0508. The lowest BCUT2D eigenvalue weighted by Crippen LogP contribution is -2.36. The highest BCUT2D eigenvalue weighted by Gasteiger charge is 2.32. The van der Waals surface area contributed by atoms with Crippen LogP contribution in [0.3, 0.4) is 0 Å². The summed E-state index contributed by atoms with van der Waals surface area (Å²) < 4.78 is 5.35. The van der Waals surface area contributed by atoms with Gasteiger partial charge < -0.3 is 9.64 Å². The molecule has 0 aliphatic carbocycles. The molecule has 1 unspecified atom stereocenters. The molecule has 2 saturated heterocycles. The number of ether oxygens (including phenoxy) is 1. The van der Waals surface area contributed by atoms with E-state index in [0.29, 0.717) is 17.7 Å². The number of hydrogen-bond donors (Lipinski definition) is 1. The van der Waals surface area contributed by atoms with E-state index in [4.69, 9.17) is 4.74 Å². The normalized spacial score (nSPS) is 27.1. The Bertz CT molecular complexity index is 262. The van der Waals surface area contributed by atoms with Gasteiger partial charge in [-0.15, -0.1) is 0 Å². The van der Waals surface area contributed by atoms with Gasteiger partial charge in [0.25, 0.3) is 0 Å². The van der Waals surface area contributed by atoms with Gasteiger partial charge in [0.2, 0.25) is 5.91 Å². The number of carbonyl (C=O) groups is 1. The molecule has 98 valence electrons. The molecule has 1 amide bonds. The quantitative estimate of drug-likeness (QED) is 0.803. The fourth-order valence-corrected chi connectivity index (χ4v) is 2.66. The molecule has 2 aliphatic rings. The van der Waals surface area contributed by atoms with Crippen molar-refractivity contribution in [2.24, 2.45) is 11.8 Å². The van der Waals surface area contributed by atoms with Crippen molar-refractivity contribution in [1.29, 1.82) is 0 Å². The van der Waals surface area contributed by atoms with Crippen molar-refractivity contribution in [1.82, 2.24) is 10.2 Å². The van der Waals surface area contributed by atoms with Crippen molar-refractivity contribution in [3.8, 4) is 0 Å². The first-order valence-corrected chi connectivity index (χ1v) is 6.76. The van der Waals surface area contributed by atoms with Crippen molar-refractivity contribution in [2.45, 2.75) is 39.2 Å². The molecule has 4 nitrogen and oxygen atoms in total. The summed E-state index contributed by atoms with van der Waals surface area (Å²) in [5, 5.41) is 3.32. The van der Waals surface area contributed by atoms with Crippen LogP contribution >= 0.6 is 0 Å². The molecule has 0 spiro atoms. The summed E-state index contributed by atoms with van der Waals surface area (Å²) in [5.41, 5.74) is 0. The van der Waals surface area contributed by atoms with E-state index in [1.807, 2.05) is 4.90 Å². The Balaban J connectivity index is 1.80. The maximum atomic E-state index is 12.1. The first kappa shape index (κ1) is 12.8. The summed E-state index contributed by atoms with van der Waals surface area (Å²) in [6.45, 7) is 7.68. The third-order valence-electron chi connectivity index (χ3n) is 3.66. The smallest absolute Gasteiger partial charge is 0.240 e. The second-order valence-electron chi connectivity index (χ2n) is 5.66. The molecule has 0 radical (unpaired) electrons. The molecule has 1 N–H and O–H groups in total. The fraction of sp³-hybridized carbons (Fsp3) is 0.923. The Kier molecular flexibility index (Phi) is 4.40. The highest BCUT2D eigenvalue weighted by Crippen LogP contribution is 2.19. The molecular formula is C13H24N2O2. The van der Waals surface area contributed by atoms with Gasteiger partial charge in [0.15, 0.2) is 0 Å². The first-order chi connectivity index (χ1) is 8.16. The molecule has 2 heterocycles. The van der Waals surface area contributed by atoms with Crippen LogP contribution in [0.4, 0.5) is 0 Å². The van der Waals surface area contributed by atoms with Gasteiger partial charge in [-0.3, -0.25) is 10.1 Å². The molecule has 17 heavy (non-hydrogen) atoms. The van der Waals surface area contributed by atoms with Crippen LogP contribution in [-0.4, -0.2) is 43.3 Å². The van der Waals surface area contributed by atoms with Gasteiger partial charge in [0.05, 0.1) is 12.7 Å². The van der Waals surface area contributed by atoms with Gasteiger partial charge in [-0.1, -0.05) is 13.8 Å². The summed E-state index contributed by atoms with van der Waals surface area (Å²) in [7, 11) is 0. The lowest BCUT2D eigenvalue weighted by Gasteiger charge is -2.26. The molecule has 1 atom stereocenters. The minimum atomic E-state index is 0.0508. The van der Waals surface area contributed by atoms with E-state index in [9.17, 15) is 4.79 Å². The zero-order valence-corrected chi connectivity index (χ0v) is 10.9. The van der Waals surface area contributed by atoms with Crippen LogP contribution in [0, 0.1) is 11.8 Å². The first-order valence-electron chi connectivity index (χ1n) is 6.76. The Hall–Kier alpha value is -0.610. The van der Waals surface area contributed by atoms with Crippen LogP contribution in [0.1, 0.15) is 33.1 Å². The zero-order valence-electron chi connectivity index (χ0n) is 10.9. The second kappa shape index (κ2) is 5.83. The van der Waals surface area contributed by atoms with E-state index in [-0.39, 0.29) is 6.04 Å². The maximum Gasteiger partial charge on any atom is 0.240 e. The molecule has 0 saturated carbocycles. The van der Waals surface area contributed by atoms with E-state index in [1.165, 1.54) is 0 Å². The average Bonchev–Trinajstić information content (AvgIpc) is 2.62. The molecule has 2 aliphatic heterocycles. The monoisotopic (exact) mass is 240 g/mol. The number of amides is 1. The van der Waals surface area contributed by atoms with E-state index in [0.717, 1.165) is 45.7 Å². The van der Waals surface area contributed by atoms with Crippen molar-refractivity contribution < 1.29 is 9.53 Å². The Morgan fingerprint density at radius 3 is 2.76 bits per heavy atom. The third kappa shape index (κ3) is 3.42. The number of rotatable bonds is 4. The van der Waals surface area contributed by atoms with E-state index < -0.39 is 0 Å². The van der Waals surface area contributed by atoms with Gasteiger partial charge in [-0.25, -0.2) is 0 Å². The standard InChI is InChI=1S/C13H24N2O2/c1-10(2)7-12-13(16)15(9-14-12)8-11-3-5-17-6-4-11/h10-12,14H,3-9H2,1-2H3. The van der Waals surface area contributed by atoms with Crippen LogP contribution in [-0.2, 0) is 9.53 Å². The highest BCUT2D eigenvalue weighted by molar-refractivity contribution is 5.83. The van der Waals surface area contributed by atoms with Crippen molar-refractivity contribution in [3.05, 3.63) is 0 Å². The van der Waals surface area contributed by atoms with Gasteiger partial charge in [-0.2, -0.15) is 0 Å². The number of nitrogens with zero attached hydrogens (tertiary/aromatic N) is 1. The molecule has 2 rings (SSSR count). The van der Waals surface area contributed by atoms with E-state index >= 15 is 0 Å². The molecule has 4 heteroatoms. The molecule has 2 fully saturated rings. The molecule has 0 aromatic carbocycles. The van der Waals surface area contributed by atoms with Crippen molar-refractivity contribution >= 4 is 5.91 Å². The van der Waals surface area contributed by atoms with Gasteiger partial charge in [0, 0.05) is 19.8 Å². The van der Waals surface area contributed by atoms with Gasteiger partial charge in [-0.05, 0) is 31.1 Å². The lowest BCUT2D eigenvalue weighted by atomic mass is 9.99. The third-order valence-corrected chi connectivity index (χ3v) is 3.66. The SMILES string of the molecule is CC(C)CC1NCN(CC2CCOCC2)C1=O. The summed E-state index contributed by atoms with van der Waals surface area (Å²) in [5.74, 6) is 1.50. The summed E-state index contributed by atoms with van der Waals surface area (Å²) in [4.78, 5) is 14.1. The minimum Gasteiger partial charge on any atom is -0.381 e. The summed E-state index contributed by atoms with van der Waals surface area (Å²) >= 11 is 0. The Labute approximate surface area is 104 Å².